The van der Waals surface area contributed by atoms with E-state index in [0.717, 1.165) is 12.8 Å². The van der Waals surface area contributed by atoms with E-state index in [0.29, 0.717) is 29.1 Å². The fourth-order valence-corrected chi connectivity index (χ4v) is 2.23. The highest BCUT2D eigenvalue weighted by molar-refractivity contribution is 6.04. The van der Waals surface area contributed by atoms with Crippen LogP contribution in [0, 0.1) is 5.82 Å². The first-order valence-electron chi connectivity index (χ1n) is 8.08. The molecule has 2 N–H and O–H groups in total. The average molecular weight is 344 g/mol. The van der Waals surface area contributed by atoms with Crippen LogP contribution in [-0.2, 0) is 4.79 Å². The molecule has 0 fully saturated rings. The van der Waals surface area contributed by atoms with E-state index < -0.39 is 5.82 Å². The van der Waals surface area contributed by atoms with Crippen LogP contribution < -0.4 is 15.4 Å². The third-order valence-corrected chi connectivity index (χ3v) is 3.60. The summed E-state index contributed by atoms with van der Waals surface area (Å²) in [5, 5.41) is 5.51. The number of carbonyl (C=O) groups excluding carboxylic acids is 2. The molecule has 2 aromatic rings. The van der Waals surface area contributed by atoms with E-state index in [4.69, 9.17) is 4.74 Å². The monoisotopic (exact) mass is 344 g/mol. The summed E-state index contributed by atoms with van der Waals surface area (Å²) in [6.07, 6.45) is 2.21. The maximum Gasteiger partial charge on any atom is 0.255 e. The van der Waals surface area contributed by atoms with Crippen molar-refractivity contribution < 1.29 is 18.7 Å². The van der Waals surface area contributed by atoms with Crippen LogP contribution in [0.15, 0.2) is 42.5 Å². The number of hydrogen-bond acceptors (Lipinski definition) is 3. The van der Waals surface area contributed by atoms with Crippen LogP contribution in [0.5, 0.6) is 5.75 Å². The van der Waals surface area contributed by atoms with E-state index in [-0.39, 0.29) is 11.8 Å². The Bertz CT molecular complexity index is 745. The third-order valence-electron chi connectivity index (χ3n) is 3.60. The summed E-state index contributed by atoms with van der Waals surface area (Å²) in [7, 11) is 1.49. The Morgan fingerprint density at radius 1 is 1.08 bits per heavy atom. The van der Waals surface area contributed by atoms with Crippen LogP contribution in [0.2, 0.25) is 0 Å². The Hall–Kier alpha value is -2.89. The number of carbonyl (C=O) groups is 2. The number of nitrogens with one attached hydrogen (secondary N) is 2. The van der Waals surface area contributed by atoms with E-state index in [1.54, 1.807) is 18.2 Å². The highest BCUT2D eigenvalue weighted by Gasteiger charge is 2.11. The fourth-order valence-electron chi connectivity index (χ4n) is 2.23. The molecule has 0 saturated heterocycles. The van der Waals surface area contributed by atoms with Crippen molar-refractivity contribution in [2.45, 2.75) is 26.2 Å². The Kier molecular flexibility index (Phi) is 6.51. The lowest BCUT2D eigenvalue weighted by Gasteiger charge is -2.12. The van der Waals surface area contributed by atoms with E-state index in [9.17, 15) is 14.0 Å². The summed E-state index contributed by atoms with van der Waals surface area (Å²) in [6.45, 7) is 2.02. The number of halogens is 1. The molecule has 25 heavy (non-hydrogen) atoms. The maximum absolute atomic E-state index is 12.9. The fraction of sp³-hybridized carbons (Fsp3) is 0.263. The first-order chi connectivity index (χ1) is 12.0. The molecule has 0 aliphatic carbocycles. The predicted molar refractivity (Wildman–Crippen MR) is 95.5 cm³/mol. The number of unbranched alkanes of at least 4 members (excludes halogenated alkanes) is 1. The quantitative estimate of drug-likeness (QED) is 0.790. The number of ether oxygens (including phenoxy) is 1. The van der Waals surface area contributed by atoms with Crippen LogP contribution in [0.25, 0.3) is 0 Å². The summed E-state index contributed by atoms with van der Waals surface area (Å²) < 4.78 is 18.2. The molecular formula is C19H21FN2O3. The van der Waals surface area contributed by atoms with Gasteiger partial charge < -0.3 is 15.4 Å². The van der Waals surface area contributed by atoms with Gasteiger partial charge in [-0.15, -0.1) is 0 Å². The predicted octanol–water partition coefficient (Wildman–Crippen LogP) is 4.22. The molecule has 0 radical (unpaired) electrons. The smallest absolute Gasteiger partial charge is 0.255 e. The van der Waals surface area contributed by atoms with Crippen molar-refractivity contribution in [2.24, 2.45) is 0 Å². The second-order valence-electron chi connectivity index (χ2n) is 5.53. The third kappa shape index (κ3) is 5.31. The van der Waals surface area contributed by atoms with E-state index >= 15 is 0 Å². The van der Waals surface area contributed by atoms with Crippen LogP contribution in [0.3, 0.4) is 0 Å². The zero-order chi connectivity index (χ0) is 18.2. The minimum Gasteiger partial charge on any atom is -0.494 e. The highest BCUT2D eigenvalue weighted by Crippen LogP contribution is 2.28. The molecule has 0 aliphatic rings. The molecule has 2 aromatic carbocycles. The molecule has 0 heterocycles. The summed E-state index contributed by atoms with van der Waals surface area (Å²) in [5.41, 5.74) is 1.40. The summed E-state index contributed by atoms with van der Waals surface area (Å²) >= 11 is 0. The number of methoxy groups -OCH3 is 1. The Morgan fingerprint density at radius 3 is 2.44 bits per heavy atom. The first kappa shape index (κ1) is 18.4. The molecule has 0 bridgehead atoms. The highest BCUT2D eigenvalue weighted by atomic mass is 19.1. The zero-order valence-corrected chi connectivity index (χ0v) is 14.3. The van der Waals surface area contributed by atoms with Crippen molar-refractivity contribution >= 4 is 23.2 Å². The second kappa shape index (κ2) is 8.82. The number of benzene rings is 2. The van der Waals surface area contributed by atoms with Gasteiger partial charge in [0, 0.05) is 23.7 Å². The lowest BCUT2D eigenvalue weighted by molar-refractivity contribution is -0.116. The van der Waals surface area contributed by atoms with Crippen molar-refractivity contribution in [2.75, 3.05) is 17.7 Å². The van der Waals surface area contributed by atoms with Gasteiger partial charge in [0.1, 0.15) is 11.6 Å². The van der Waals surface area contributed by atoms with Gasteiger partial charge >= 0.3 is 0 Å². The number of rotatable bonds is 7. The first-order valence-corrected chi connectivity index (χ1v) is 8.08. The average Bonchev–Trinajstić information content (AvgIpc) is 2.61. The minimum absolute atomic E-state index is 0.0803. The zero-order valence-electron chi connectivity index (χ0n) is 14.3. The van der Waals surface area contributed by atoms with Gasteiger partial charge in [-0.1, -0.05) is 13.3 Å². The van der Waals surface area contributed by atoms with E-state index in [2.05, 4.69) is 10.6 Å². The normalized spacial score (nSPS) is 10.2. The summed E-state index contributed by atoms with van der Waals surface area (Å²) in [4.78, 5) is 24.0. The Labute approximate surface area is 146 Å². The molecule has 0 saturated carbocycles. The van der Waals surface area contributed by atoms with Gasteiger partial charge in [-0.05, 0) is 42.8 Å². The second-order valence-corrected chi connectivity index (χ2v) is 5.53. The van der Waals surface area contributed by atoms with Crippen molar-refractivity contribution in [3.05, 3.63) is 53.8 Å². The van der Waals surface area contributed by atoms with Gasteiger partial charge in [-0.25, -0.2) is 4.39 Å². The number of hydrogen-bond donors (Lipinski definition) is 2. The van der Waals surface area contributed by atoms with Crippen molar-refractivity contribution in [1.29, 1.82) is 0 Å². The molecule has 132 valence electrons. The van der Waals surface area contributed by atoms with Crippen molar-refractivity contribution in [3.8, 4) is 5.75 Å². The minimum atomic E-state index is -0.401. The van der Waals surface area contributed by atoms with E-state index in [1.165, 1.54) is 31.4 Å². The van der Waals surface area contributed by atoms with Gasteiger partial charge in [0.05, 0.1) is 12.8 Å². The summed E-state index contributed by atoms with van der Waals surface area (Å²) in [6, 6.07) is 10.2. The molecule has 6 heteroatoms. The van der Waals surface area contributed by atoms with Gasteiger partial charge in [-0.3, -0.25) is 9.59 Å². The number of amides is 2. The molecule has 2 amide bonds. The molecule has 2 rings (SSSR count). The molecule has 5 nitrogen and oxygen atoms in total. The molecule has 0 atom stereocenters. The van der Waals surface area contributed by atoms with Crippen molar-refractivity contribution in [1.82, 2.24) is 0 Å². The topological polar surface area (TPSA) is 67.4 Å². The van der Waals surface area contributed by atoms with Gasteiger partial charge in [0.25, 0.3) is 5.91 Å². The van der Waals surface area contributed by atoms with Gasteiger partial charge in [0.2, 0.25) is 5.91 Å². The molecule has 0 unspecified atom stereocenters. The molecule has 0 aliphatic heterocycles. The van der Waals surface area contributed by atoms with Crippen molar-refractivity contribution in [3.63, 3.8) is 0 Å². The SMILES string of the molecule is CCCCC(=O)Nc1ccc(NC(=O)c2ccc(F)cc2)cc1OC. The van der Waals surface area contributed by atoms with Crippen LogP contribution in [-0.4, -0.2) is 18.9 Å². The van der Waals surface area contributed by atoms with Gasteiger partial charge in [-0.2, -0.15) is 0 Å². The van der Waals surface area contributed by atoms with Gasteiger partial charge in [0.15, 0.2) is 0 Å². The van der Waals surface area contributed by atoms with Crippen LogP contribution in [0.4, 0.5) is 15.8 Å². The lowest BCUT2D eigenvalue weighted by atomic mass is 10.2. The number of anilines is 2. The maximum atomic E-state index is 12.9. The lowest BCUT2D eigenvalue weighted by Crippen LogP contribution is -2.13. The molecular weight excluding hydrogens is 323 g/mol. The standard InChI is InChI=1S/C19H21FN2O3/c1-3-4-5-18(23)22-16-11-10-15(12-17(16)25-2)21-19(24)13-6-8-14(20)9-7-13/h6-12H,3-5H2,1-2H3,(H,21,24)(H,22,23). The van der Waals surface area contributed by atoms with Crippen LogP contribution in [0.1, 0.15) is 36.5 Å². The van der Waals surface area contributed by atoms with Crippen LogP contribution >= 0.6 is 0 Å². The Morgan fingerprint density at radius 2 is 1.80 bits per heavy atom. The summed E-state index contributed by atoms with van der Waals surface area (Å²) in [5.74, 6) is -0.395. The molecule has 0 spiro atoms. The van der Waals surface area contributed by atoms with E-state index in [1.807, 2.05) is 6.92 Å². The molecule has 0 aromatic heterocycles. The Balaban J connectivity index is 2.08. The largest absolute Gasteiger partial charge is 0.494 e.